The second-order valence-electron chi connectivity index (χ2n) is 4.16. The highest BCUT2D eigenvalue weighted by Crippen LogP contribution is 2.14. The van der Waals surface area contributed by atoms with E-state index in [1.165, 1.54) is 11.6 Å². The van der Waals surface area contributed by atoms with E-state index >= 15 is 0 Å². The van der Waals surface area contributed by atoms with Crippen molar-refractivity contribution < 1.29 is 4.92 Å². The van der Waals surface area contributed by atoms with E-state index in [1.807, 2.05) is 29.1 Å². The number of rotatable bonds is 5. The molecule has 1 aromatic heterocycles. The summed E-state index contributed by atoms with van der Waals surface area (Å²) in [6, 6.07) is 8.71. The Morgan fingerprint density at radius 3 is 2.83 bits per heavy atom. The van der Waals surface area contributed by atoms with Gasteiger partial charge in [-0.25, -0.2) is 0 Å². The molecule has 94 valence electrons. The Labute approximate surface area is 105 Å². The van der Waals surface area contributed by atoms with Crippen molar-refractivity contribution in [2.45, 2.75) is 13.0 Å². The van der Waals surface area contributed by atoms with Gasteiger partial charge in [-0.3, -0.25) is 10.1 Å². The van der Waals surface area contributed by atoms with Gasteiger partial charge in [0, 0.05) is 31.1 Å². The minimum atomic E-state index is -0.376. The summed E-state index contributed by atoms with van der Waals surface area (Å²) in [6.07, 6.45) is 4.83. The number of hydrogen-bond acceptors (Lipinski definition) is 3. The number of non-ortho nitro benzene ring substituents is 1. The van der Waals surface area contributed by atoms with E-state index in [1.54, 1.807) is 12.1 Å². The molecule has 0 radical (unpaired) electrons. The molecule has 18 heavy (non-hydrogen) atoms. The number of nitrogens with two attached hydrogens (primary N) is 1. The lowest BCUT2D eigenvalue weighted by Gasteiger charge is -2.03. The molecule has 1 aromatic carbocycles. The molecular weight excluding hydrogens is 230 g/mol. The molecule has 2 N–H and O–H groups in total. The van der Waals surface area contributed by atoms with Crippen molar-refractivity contribution in [3.8, 4) is 0 Å². The number of aromatic nitrogens is 1. The zero-order valence-electron chi connectivity index (χ0n) is 9.95. The first-order chi connectivity index (χ1) is 8.69. The second kappa shape index (κ2) is 5.46. The molecule has 0 saturated carbocycles. The third-order valence-electron chi connectivity index (χ3n) is 2.73. The minimum absolute atomic E-state index is 0.127. The topological polar surface area (TPSA) is 74.1 Å². The maximum absolute atomic E-state index is 10.7. The third kappa shape index (κ3) is 2.95. The van der Waals surface area contributed by atoms with Crippen molar-refractivity contribution >= 4 is 5.69 Å². The molecule has 0 fully saturated rings. The summed E-state index contributed by atoms with van der Waals surface area (Å²) in [4.78, 5) is 10.3. The average Bonchev–Trinajstić information content (AvgIpc) is 2.77. The van der Waals surface area contributed by atoms with Gasteiger partial charge < -0.3 is 10.3 Å². The van der Waals surface area contributed by atoms with Gasteiger partial charge in [-0.2, -0.15) is 0 Å². The maximum atomic E-state index is 10.7. The summed E-state index contributed by atoms with van der Waals surface area (Å²) in [5, 5.41) is 10.7. The third-order valence-corrected chi connectivity index (χ3v) is 2.73. The van der Waals surface area contributed by atoms with Crippen LogP contribution in [0.15, 0.2) is 42.7 Å². The van der Waals surface area contributed by atoms with Crippen molar-refractivity contribution in [2.75, 3.05) is 6.54 Å². The molecule has 0 aliphatic rings. The first kappa shape index (κ1) is 12.3. The number of benzene rings is 1. The Morgan fingerprint density at radius 1 is 1.28 bits per heavy atom. The van der Waals surface area contributed by atoms with Crippen LogP contribution in [0.2, 0.25) is 0 Å². The molecule has 5 nitrogen and oxygen atoms in total. The largest absolute Gasteiger partial charge is 0.350 e. The summed E-state index contributed by atoms with van der Waals surface area (Å²) >= 11 is 0. The molecule has 0 saturated heterocycles. The fraction of sp³-hybridized carbons (Fsp3) is 0.231. The Bertz CT molecular complexity index is 549. The molecule has 0 atom stereocenters. The van der Waals surface area contributed by atoms with E-state index in [0.29, 0.717) is 13.1 Å². The molecule has 0 unspecified atom stereocenters. The maximum Gasteiger partial charge on any atom is 0.269 e. The summed E-state index contributed by atoms with van der Waals surface area (Å²) in [7, 11) is 0. The number of nitro benzene ring substituents is 1. The summed E-state index contributed by atoms with van der Waals surface area (Å²) < 4.78 is 2.00. The molecule has 0 bridgehead atoms. The van der Waals surface area contributed by atoms with Crippen LogP contribution in [0.1, 0.15) is 11.1 Å². The standard InChI is InChI=1S/C13H15N3O2/c14-6-4-11-5-7-15(9-11)10-12-2-1-3-13(8-12)16(17)18/h1-3,5,7-9H,4,6,10,14H2. The first-order valence-corrected chi connectivity index (χ1v) is 5.77. The van der Waals surface area contributed by atoms with E-state index in [2.05, 4.69) is 0 Å². The molecule has 0 amide bonds. The van der Waals surface area contributed by atoms with Crippen LogP contribution in [0.25, 0.3) is 0 Å². The monoisotopic (exact) mass is 245 g/mol. The Balaban J connectivity index is 2.12. The molecule has 2 rings (SSSR count). The molecular formula is C13H15N3O2. The van der Waals surface area contributed by atoms with E-state index in [4.69, 9.17) is 5.73 Å². The minimum Gasteiger partial charge on any atom is -0.350 e. The highest BCUT2D eigenvalue weighted by molar-refractivity contribution is 5.34. The number of hydrogen-bond donors (Lipinski definition) is 1. The lowest BCUT2D eigenvalue weighted by Crippen LogP contribution is -2.02. The van der Waals surface area contributed by atoms with Gasteiger partial charge in [0.1, 0.15) is 0 Å². The van der Waals surface area contributed by atoms with Crippen LogP contribution in [-0.4, -0.2) is 16.0 Å². The molecule has 2 aromatic rings. The van der Waals surface area contributed by atoms with Crippen LogP contribution in [0.4, 0.5) is 5.69 Å². The van der Waals surface area contributed by atoms with E-state index in [0.717, 1.165) is 12.0 Å². The molecule has 5 heteroatoms. The van der Waals surface area contributed by atoms with Crippen LogP contribution in [0, 0.1) is 10.1 Å². The van der Waals surface area contributed by atoms with E-state index in [9.17, 15) is 10.1 Å². The molecule has 0 spiro atoms. The van der Waals surface area contributed by atoms with Gasteiger partial charge >= 0.3 is 0 Å². The highest BCUT2D eigenvalue weighted by Gasteiger charge is 2.06. The van der Waals surface area contributed by atoms with Crippen molar-refractivity contribution in [1.82, 2.24) is 4.57 Å². The predicted octanol–water partition coefficient (Wildman–Crippen LogP) is 1.95. The summed E-state index contributed by atoms with van der Waals surface area (Å²) in [6.45, 7) is 1.26. The predicted molar refractivity (Wildman–Crippen MR) is 69.4 cm³/mol. The van der Waals surface area contributed by atoms with Crippen molar-refractivity contribution in [3.63, 3.8) is 0 Å². The normalized spacial score (nSPS) is 10.5. The molecule has 1 heterocycles. The van der Waals surface area contributed by atoms with Gasteiger partial charge in [-0.1, -0.05) is 12.1 Å². The number of nitro groups is 1. The van der Waals surface area contributed by atoms with Gasteiger partial charge in [0.25, 0.3) is 5.69 Å². The van der Waals surface area contributed by atoms with Crippen molar-refractivity contribution in [2.24, 2.45) is 5.73 Å². The molecule has 0 aliphatic carbocycles. The van der Waals surface area contributed by atoms with Crippen molar-refractivity contribution in [1.29, 1.82) is 0 Å². The van der Waals surface area contributed by atoms with Gasteiger partial charge in [-0.05, 0) is 30.2 Å². The lowest BCUT2D eigenvalue weighted by molar-refractivity contribution is -0.384. The smallest absolute Gasteiger partial charge is 0.269 e. The number of nitrogens with zero attached hydrogens (tertiary/aromatic N) is 2. The van der Waals surface area contributed by atoms with E-state index in [-0.39, 0.29) is 10.6 Å². The zero-order chi connectivity index (χ0) is 13.0. The Morgan fingerprint density at radius 2 is 2.11 bits per heavy atom. The Hall–Kier alpha value is -2.14. The van der Waals surface area contributed by atoms with Gasteiger partial charge in [0.2, 0.25) is 0 Å². The fourth-order valence-electron chi connectivity index (χ4n) is 1.88. The fourth-order valence-corrected chi connectivity index (χ4v) is 1.88. The summed E-state index contributed by atoms with van der Waals surface area (Å²) in [5.74, 6) is 0. The van der Waals surface area contributed by atoms with Gasteiger partial charge in [-0.15, -0.1) is 0 Å². The summed E-state index contributed by atoms with van der Waals surface area (Å²) in [5.41, 5.74) is 7.72. The van der Waals surface area contributed by atoms with Gasteiger partial charge in [0.05, 0.1) is 4.92 Å². The van der Waals surface area contributed by atoms with Crippen molar-refractivity contribution in [3.05, 3.63) is 64.0 Å². The first-order valence-electron chi connectivity index (χ1n) is 5.77. The second-order valence-corrected chi connectivity index (χ2v) is 4.16. The Kier molecular flexibility index (Phi) is 3.74. The quantitative estimate of drug-likeness (QED) is 0.646. The highest BCUT2D eigenvalue weighted by atomic mass is 16.6. The SMILES string of the molecule is NCCc1ccn(Cc2cccc([N+](=O)[O-])c2)c1. The average molecular weight is 245 g/mol. The van der Waals surface area contributed by atoms with Gasteiger partial charge in [0.15, 0.2) is 0 Å². The van der Waals surface area contributed by atoms with Crippen LogP contribution < -0.4 is 5.73 Å². The van der Waals surface area contributed by atoms with Crippen LogP contribution >= 0.6 is 0 Å². The van der Waals surface area contributed by atoms with Crippen LogP contribution in [0.5, 0.6) is 0 Å². The van der Waals surface area contributed by atoms with Crippen LogP contribution in [0.3, 0.4) is 0 Å². The van der Waals surface area contributed by atoms with E-state index < -0.39 is 0 Å². The lowest BCUT2D eigenvalue weighted by atomic mass is 10.2. The van der Waals surface area contributed by atoms with Crippen LogP contribution in [-0.2, 0) is 13.0 Å². The molecule has 0 aliphatic heterocycles. The zero-order valence-corrected chi connectivity index (χ0v) is 9.95.